The summed E-state index contributed by atoms with van der Waals surface area (Å²) in [5.41, 5.74) is 0.753. The zero-order valence-corrected chi connectivity index (χ0v) is 18.5. The summed E-state index contributed by atoms with van der Waals surface area (Å²) in [7, 11) is 1.61. The van der Waals surface area contributed by atoms with Crippen LogP contribution in [0.1, 0.15) is 5.56 Å². The first-order chi connectivity index (χ1) is 16.3. The molecule has 1 amide bonds. The van der Waals surface area contributed by atoms with E-state index in [1.807, 2.05) is 41.3 Å². The molecule has 0 aliphatic carbocycles. The second-order valence-corrected chi connectivity index (χ2v) is 7.66. The van der Waals surface area contributed by atoms with Crippen LogP contribution in [-0.2, 0) is 11.0 Å². The van der Waals surface area contributed by atoms with E-state index in [1.165, 1.54) is 18.2 Å². The first kappa shape index (κ1) is 23.3. The minimum Gasteiger partial charge on any atom is -0.497 e. The molecule has 7 nitrogen and oxygen atoms in total. The van der Waals surface area contributed by atoms with Gasteiger partial charge in [0.15, 0.2) is 12.4 Å². The fourth-order valence-corrected chi connectivity index (χ4v) is 3.65. The third kappa shape index (κ3) is 5.38. The molecule has 1 aliphatic heterocycles. The smallest absolute Gasteiger partial charge is 0.419 e. The summed E-state index contributed by atoms with van der Waals surface area (Å²) in [4.78, 5) is 16.1. The summed E-state index contributed by atoms with van der Waals surface area (Å²) in [5.74, 6) is 0.738. The number of amides is 1. The molecular formula is C24H23F3N4O3. The van der Waals surface area contributed by atoms with E-state index in [-0.39, 0.29) is 11.7 Å². The second kappa shape index (κ2) is 9.98. The van der Waals surface area contributed by atoms with E-state index in [4.69, 9.17) is 9.47 Å². The molecule has 1 aliphatic rings. The van der Waals surface area contributed by atoms with E-state index in [0.717, 1.165) is 23.1 Å². The highest BCUT2D eigenvalue weighted by molar-refractivity contribution is 5.78. The maximum Gasteiger partial charge on any atom is 0.419 e. The lowest BCUT2D eigenvalue weighted by Crippen LogP contribution is -2.50. The van der Waals surface area contributed by atoms with Gasteiger partial charge in [0.2, 0.25) is 0 Å². The highest BCUT2D eigenvalue weighted by Crippen LogP contribution is 2.35. The molecule has 0 spiro atoms. The standard InChI is InChI=1S/C24H23F3N4O3/c1-33-18-8-6-17(7-9-18)20-10-11-22(29-28-20)30-12-14-31(15-13-30)23(32)16-34-21-5-3-2-4-19(21)24(25,26)27/h2-11H,12-16H2,1H3. The minimum absolute atomic E-state index is 0.353. The molecule has 2 heterocycles. The lowest BCUT2D eigenvalue weighted by atomic mass is 10.1. The Morgan fingerprint density at radius 3 is 2.26 bits per heavy atom. The number of nitrogens with zero attached hydrogens (tertiary/aromatic N) is 4. The molecule has 10 heteroatoms. The number of aromatic nitrogens is 2. The van der Waals surface area contributed by atoms with Crippen molar-refractivity contribution in [1.29, 1.82) is 0 Å². The third-order valence-corrected chi connectivity index (χ3v) is 5.54. The van der Waals surface area contributed by atoms with Gasteiger partial charge in [-0.3, -0.25) is 4.79 Å². The van der Waals surface area contributed by atoms with Crippen LogP contribution in [0.4, 0.5) is 19.0 Å². The van der Waals surface area contributed by atoms with Crippen LogP contribution in [0.15, 0.2) is 60.7 Å². The Morgan fingerprint density at radius 1 is 0.941 bits per heavy atom. The number of hydrogen-bond donors (Lipinski definition) is 0. The van der Waals surface area contributed by atoms with Crippen LogP contribution in [0.5, 0.6) is 11.5 Å². The number of carbonyl (C=O) groups excluding carboxylic acids is 1. The van der Waals surface area contributed by atoms with Gasteiger partial charge in [0.1, 0.15) is 11.5 Å². The number of halogens is 3. The average molecular weight is 472 g/mol. The molecule has 34 heavy (non-hydrogen) atoms. The number of para-hydroxylation sites is 1. The van der Waals surface area contributed by atoms with E-state index in [2.05, 4.69) is 10.2 Å². The van der Waals surface area contributed by atoms with Crippen molar-refractivity contribution in [3.63, 3.8) is 0 Å². The quantitative estimate of drug-likeness (QED) is 0.542. The largest absolute Gasteiger partial charge is 0.497 e. The number of piperazine rings is 1. The van der Waals surface area contributed by atoms with E-state index in [0.29, 0.717) is 32.0 Å². The van der Waals surface area contributed by atoms with Crippen molar-refractivity contribution in [3.05, 3.63) is 66.2 Å². The molecule has 0 atom stereocenters. The summed E-state index contributed by atoms with van der Waals surface area (Å²) in [6, 6.07) is 16.1. The van der Waals surface area contributed by atoms with Crippen LogP contribution < -0.4 is 14.4 Å². The number of hydrogen-bond acceptors (Lipinski definition) is 6. The molecule has 1 aromatic heterocycles. The van der Waals surface area contributed by atoms with Gasteiger partial charge >= 0.3 is 6.18 Å². The van der Waals surface area contributed by atoms with Gasteiger partial charge in [-0.25, -0.2) is 0 Å². The number of alkyl halides is 3. The van der Waals surface area contributed by atoms with Crippen LogP contribution >= 0.6 is 0 Å². The van der Waals surface area contributed by atoms with Crippen molar-refractivity contribution < 1.29 is 27.4 Å². The monoisotopic (exact) mass is 472 g/mol. The number of ether oxygens (including phenoxy) is 2. The number of benzene rings is 2. The molecular weight excluding hydrogens is 449 g/mol. The van der Waals surface area contributed by atoms with E-state index in [9.17, 15) is 18.0 Å². The van der Waals surface area contributed by atoms with Crippen LogP contribution in [-0.4, -0.2) is 60.9 Å². The lowest BCUT2D eigenvalue weighted by Gasteiger charge is -2.35. The molecule has 1 saturated heterocycles. The summed E-state index contributed by atoms with van der Waals surface area (Å²) in [5, 5.41) is 8.61. The minimum atomic E-state index is -4.55. The number of anilines is 1. The Bertz CT molecular complexity index is 1110. The molecule has 0 saturated carbocycles. The van der Waals surface area contributed by atoms with Crippen molar-refractivity contribution in [3.8, 4) is 22.8 Å². The van der Waals surface area contributed by atoms with Gasteiger partial charge in [-0.1, -0.05) is 12.1 Å². The van der Waals surface area contributed by atoms with Crippen LogP contribution in [0.25, 0.3) is 11.3 Å². The number of methoxy groups -OCH3 is 1. The van der Waals surface area contributed by atoms with Crippen LogP contribution in [0, 0.1) is 0 Å². The second-order valence-electron chi connectivity index (χ2n) is 7.66. The van der Waals surface area contributed by atoms with Crippen molar-refractivity contribution in [1.82, 2.24) is 15.1 Å². The van der Waals surface area contributed by atoms with Gasteiger partial charge in [0.05, 0.1) is 18.4 Å². The first-order valence-corrected chi connectivity index (χ1v) is 10.6. The highest BCUT2D eigenvalue weighted by atomic mass is 19.4. The predicted molar refractivity (Wildman–Crippen MR) is 120 cm³/mol. The number of carbonyl (C=O) groups is 1. The van der Waals surface area contributed by atoms with Crippen molar-refractivity contribution >= 4 is 11.7 Å². The zero-order chi connectivity index (χ0) is 24.1. The van der Waals surface area contributed by atoms with Gasteiger partial charge in [-0.05, 0) is 48.5 Å². The van der Waals surface area contributed by atoms with Crippen molar-refractivity contribution in [2.45, 2.75) is 6.18 Å². The summed E-state index contributed by atoms with van der Waals surface area (Å²) >= 11 is 0. The molecule has 1 fully saturated rings. The Morgan fingerprint density at radius 2 is 1.65 bits per heavy atom. The molecule has 178 valence electrons. The summed E-state index contributed by atoms with van der Waals surface area (Å²) in [6.45, 7) is 1.42. The zero-order valence-electron chi connectivity index (χ0n) is 18.5. The van der Waals surface area contributed by atoms with Crippen LogP contribution in [0.2, 0.25) is 0 Å². The SMILES string of the molecule is COc1ccc(-c2ccc(N3CCN(C(=O)COc4ccccc4C(F)(F)F)CC3)nn2)cc1. The Labute approximate surface area is 194 Å². The molecule has 0 radical (unpaired) electrons. The molecule has 2 aromatic carbocycles. The average Bonchev–Trinajstić information content (AvgIpc) is 2.87. The van der Waals surface area contributed by atoms with E-state index < -0.39 is 18.3 Å². The maximum atomic E-state index is 13.1. The fraction of sp³-hybridized carbons (Fsp3) is 0.292. The lowest BCUT2D eigenvalue weighted by molar-refractivity contribution is -0.141. The molecule has 4 rings (SSSR count). The molecule has 0 unspecified atom stereocenters. The normalized spacial score (nSPS) is 14.1. The molecule has 3 aromatic rings. The van der Waals surface area contributed by atoms with Crippen molar-refractivity contribution in [2.24, 2.45) is 0 Å². The third-order valence-electron chi connectivity index (χ3n) is 5.54. The van der Waals surface area contributed by atoms with Gasteiger partial charge in [0, 0.05) is 31.7 Å². The van der Waals surface area contributed by atoms with Crippen LogP contribution in [0.3, 0.4) is 0 Å². The summed E-state index contributed by atoms with van der Waals surface area (Å²) in [6.07, 6.45) is -4.55. The van der Waals surface area contributed by atoms with E-state index in [1.54, 1.807) is 12.0 Å². The highest BCUT2D eigenvalue weighted by Gasteiger charge is 2.34. The fourth-order valence-electron chi connectivity index (χ4n) is 3.65. The van der Waals surface area contributed by atoms with Gasteiger partial charge in [-0.15, -0.1) is 10.2 Å². The molecule has 0 bridgehead atoms. The van der Waals surface area contributed by atoms with Gasteiger partial charge < -0.3 is 19.3 Å². The predicted octanol–water partition coefficient (Wildman–Crippen LogP) is 3.90. The molecule has 0 N–H and O–H groups in total. The topological polar surface area (TPSA) is 67.8 Å². The summed E-state index contributed by atoms with van der Waals surface area (Å²) < 4.78 is 49.6. The Hall–Kier alpha value is -3.82. The van der Waals surface area contributed by atoms with Crippen molar-refractivity contribution in [2.75, 3.05) is 44.8 Å². The first-order valence-electron chi connectivity index (χ1n) is 10.6. The maximum absolute atomic E-state index is 13.1. The Balaban J connectivity index is 1.30. The van der Waals surface area contributed by atoms with E-state index >= 15 is 0 Å². The Kier molecular flexibility index (Phi) is 6.85. The van der Waals surface area contributed by atoms with Gasteiger partial charge in [0.25, 0.3) is 5.91 Å². The number of rotatable bonds is 6. The van der Waals surface area contributed by atoms with Gasteiger partial charge in [-0.2, -0.15) is 13.2 Å².